The zero-order valence-corrected chi connectivity index (χ0v) is 20.7. The molecule has 3 aromatic rings. The first-order chi connectivity index (χ1) is 17.0. The van der Waals surface area contributed by atoms with Gasteiger partial charge in [0.25, 0.3) is 5.91 Å². The summed E-state index contributed by atoms with van der Waals surface area (Å²) in [4.78, 5) is 15.2. The number of phenolic OH excluding ortho intramolecular Hbond substituents is 1. The maximum absolute atomic E-state index is 13.4. The van der Waals surface area contributed by atoms with Crippen LogP contribution in [0.25, 0.3) is 11.3 Å². The number of aromatic nitrogens is 2. The number of aromatic amines is 1. The maximum atomic E-state index is 13.4. The van der Waals surface area contributed by atoms with Gasteiger partial charge in [0.1, 0.15) is 17.1 Å². The molecule has 4 rings (SSSR count). The molecule has 8 heteroatoms. The van der Waals surface area contributed by atoms with Crippen LogP contribution in [-0.4, -0.2) is 60.1 Å². The molecule has 1 aliphatic rings. The van der Waals surface area contributed by atoms with Crippen molar-refractivity contribution >= 4 is 5.91 Å². The molecule has 35 heavy (non-hydrogen) atoms. The van der Waals surface area contributed by atoms with Gasteiger partial charge >= 0.3 is 0 Å². The van der Waals surface area contributed by atoms with E-state index in [1.54, 1.807) is 32.4 Å². The minimum atomic E-state index is -0.402. The lowest BCUT2D eigenvalue weighted by Crippen LogP contribution is -2.31. The molecule has 1 amide bonds. The number of benzene rings is 2. The van der Waals surface area contributed by atoms with Crippen LogP contribution in [-0.2, 0) is 4.74 Å². The predicted octanol–water partition coefficient (Wildman–Crippen LogP) is 4.80. The lowest BCUT2D eigenvalue weighted by molar-refractivity contribution is 0.0723. The number of phenols is 1. The molecule has 8 nitrogen and oxygen atoms in total. The topological polar surface area (TPSA) is 96.9 Å². The number of ether oxygens (including phenoxy) is 3. The third-order valence-electron chi connectivity index (χ3n) is 6.23. The predicted molar refractivity (Wildman–Crippen MR) is 133 cm³/mol. The quantitative estimate of drug-likeness (QED) is 0.384. The Labute approximate surface area is 205 Å². The second kappa shape index (κ2) is 10.8. The number of rotatable bonds is 11. The molecular formula is C27H33N3O5. The van der Waals surface area contributed by atoms with Gasteiger partial charge in [0.2, 0.25) is 0 Å². The molecule has 186 valence electrons. The fourth-order valence-electron chi connectivity index (χ4n) is 4.41. The zero-order valence-electron chi connectivity index (χ0n) is 20.7. The molecule has 1 aromatic heterocycles. The van der Waals surface area contributed by atoms with Crippen molar-refractivity contribution in [2.45, 2.75) is 32.7 Å². The fraction of sp³-hybridized carbons (Fsp3) is 0.407. The Morgan fingerprint density at radius 2 is 1.91 bits per heavy atom. The van der Waals surface area contributed by atoms with E-state index in [0.29, 0.717) is 60.5 Å². The number of aromatic hydroxyl groups is 1. The largest absolute Gasteiger partial charge is 0.507 e. The third-order valence-corrected chi connectivity index (χ3v) is 6.23. The molecule has 0 spiro atoms. The number of nitrogens with one attached hydrogen (secondary N) is 1. The van der Waals surface area contributed by atoms with E-state index in [1.807, 2.05) is 29.2 Å². The monoisotopic (exact) mass is 479 g/mol. The van der Waals surface area contributed by atoms with Crippen LogP contribution in [0.5, 0.6) is 17.2 Å². The number of H-pyrrole nitrogens is 1. The van der Waals surface area contributed by atoms with Crippen LogP contribution in [0.15, 0.2) is 42.5 Å². The van der Waals surface area contributed by atoms with Gasteiger partial charge < -0.3 is 24.2 Å². The number of hydrogen-bond acceptors (Lipinski definition) is 6. The average Bonchev–Trinajstić information content (AvgIpc) is 3.38. The summed E-state index contributed by atoms with van der Waals surface area (Å²) in [5.74, 6) is 1.79. The van der Waals surface area contributed by atoms with Gasteiger partial charge in [-0.3, -0.25) is 9.89 Å². The van der Waals surface area contributed by atoms with E-state index < -0.39 is 6.04 Å². The van der Waals surface area contributed by atoms with E-state index in [9.17, 15) is 9.90 Å². The molecular weight excluding hydrogens is 446 g/mol. The summed E-state index contributed by atoms with van der Waals surface area (Å²) in [6.07, 6.45) is 1.63. The summed E-state index contributed by atoms with van der Waals surface area (Å²) >= 11 is 0. The molecule has 0 unspecified atom stereocenters. The second-order valence-electron chi connectivity index (χ2n) is 9.07. The van der Waals surface area contributed by atoms with Crippen molar-refractivity contribution in [2.24, 2.45) is 5.92 Å². The van der Waals surface area contributed by atoms with Crippen molar-refractivity contribution < 1.29 is 24.1 Å². The van der Waals surface area contributed by atoms with E-state index in [-0.39, 0.29) is 11.7 Å². The van der Waals surface area contributed by atoms with Crippen LogP contribution in [0.4, 0.5) is 0 Å². The number of para-hydroxylation sites is 1. The molecule has 2 heterocycles. The van der Waals surface area contributed by atoms with Gasteiger partial charge in [-0.1, -0.05) is 32.0 Å². The number of nitrogens with zero attached hydrogens (tertiary/aromatic N) is 2. The molecule has 0 bridgehead atoms. The van der Waals surface area contributed by atoms with Crippen LogP contribution >= 0.6 is 0 Å². The zero-order chi connectivity index (χ0) is 24.9. The SMILES string of the molecule is COCCCN1C(=O)c2[nH]nc(-c3ccccc3O)c2[C@H]1c1ccc(OCCC(C)C)c(OC)c1. The number of hydrogen-bond donors (Lipinski definition) is 2. The summed E-state index contributed by atoms with van der Waals surface area (Å²) < 4.78 is 16.9. The summed E-state index contributed by atoms with van der Waals surface area (Å²) in [5.41, 5.74) is 3.18. The van der Waals surface area contributed by atoms with Crippen LogP contribution in [0.1, 0.15) is 54.3 Å². The first-order valence-electron chi connectivity index (χ1n) is 11.9. The molecule has 2 N–H and O–H groups in total. The van der Waals surface area contributed by atoms with Crippen molar-refractivity contribution in [3.05, 3.63) is 59.3 Å². The smallest absolute Gasteiger partial charge is 0.273 e. The molecule has 1 atom stereocenters. The normalized spacial score (nSPS) is 15.1. The minimum Gasteiger partial charge on any atom is -0.507 e. The lowest BCUT2D eigenvalue weighted by atomic mass is 9.95. The Balaban J connectivity index is 1.76. The molecule has 2 aromatic carbocycles. The van der Waals surface area contributed by atoms with Gasteiger partial charge in [-0.25, -0.2) is 0 Å². The first-order valence-corrected chi connectivity index (χ1v) is 11.9. The summed E-state index contributed by atoms with van der Waals surface area (Å²) in [6.45, 7) is 5.96. The van der Waals surface area contributed by atoms with Crippen molar-refractivity contribution in [1.82, 2.24) is 15.1 Å². The van der Waals surface area contributed by atoms with E-state index in [4.69, 9.17) is 14.2 Å². The Hall–Kier alpha value is -3.52. The highest BCUT2D eigenvalue weighted by Crippen LogP contribution is 2.45. The van der Waals surface area contributed by atoms with Crippen molar-refractivity contribution in [3.63, 3.8) is 0 Å². The maximum Gasteiger partial charge on any atom is 0.273 e. The van der Waals surface area contributed by atoms with Crippen LogP contribution < -0.4 is 9.47 Å². The van der Waals surface area contributed by atoms with Crippen LogP contribution in [0.3, 0.4) is 0 Å². The van der Waals surface area contributed by atoms with Crippen LogP contribution in [0, 0.1) is 5.92 Å². The standard InChI is InChI=1S/C27H33N3O5/c1-17(2)12-15-35-21-11-10-18(16-22(21)34-4)26-23-24(19-8-5-6-9-20(19)31)28-29-25(23)27(32)30(26)13-7-14-33-3/h5-6,8-11,16-17,26,31H,7,12-15H2,1-4H3,(H,28,29)/t26-/m1/s1. The highest BCUT2D eigenvalue weighted by atomic mass is 16.5. The van der Waals surface area contributed by atoms with Crippen LogP contribution in [0.2, 0.25) is 0 Å². The summed E-state index contributed by atoms with van der Waals surface area (Å²) in [5, 5.41) is 17.9. The molecule has 0 fully saturated rings. The molecule has 0 radical (unpaired) electrons. The van der Waals surface area contributed by atoms with E-state index in [2.05, 4.69) is 24.0 Å². The van der Waals surface area contributed by atoms with Gasteiger partial charge in [0.05, 0.1) is 19.8 Å². The second-order valence-corrected chi connectivity index (χ2v) is 9.07. The van der Waals surface area contributed by atoms with Crippen molar-refractivity contribution in [1.29, 1.82) is 0 Å². The number of carbonyl (C=O) groups is 1. The molecule has 0 saturated heterocycles. The number of fused-ring (bicyclic) bond motifs is 1. The number of amides is 1. The first kappa shape index (κ1) is 24.6. The van der Waals surface area contributed by atoms with Crippen molar-refractivity contribution in [2.75, 3.05) is 34.0 Å². The Morgan fingerprint density at radius 3 is 2.63 bits per heavy atom. The van der Waals surface area contributed by atoms with Gasteiger partial charge in [-0.05, 0) is 48.6 Å². The lowest BCUT2D eigenvalue weighted by Gasteiger charge is -2.27. The van der Waals surface area contributed by atoms with E-state index in [1.165, 1.54) is 0 Å². The molecule has 0 aliphatic carbocycles. The summed E-state index contributed by atoms with van der Waals surface area (Å²) in [6, 6.07) is 12.4. The van der Waals surface area contributed by atoms with Gasteiger partial charge in [-0.15, -0.1) is 0 Å². The number of carbonyl (C=O) groups excluding carboxylic acids is 1. The minimum absolute atomic E-state index is 0.109. The average molecular weight is 480 g/mol. The van der Waals surface area contributed by atoms with Gasteiger partial charge in [0.15, 0.2) is 11.5 Å². The van der Waals surface area contributed by atoms with E-state index >= 15 is 0 Å². The Morgan fingerprint density at radius 1 is 1.11 bits per heavy atom. The van der Waals surface area contributed by atoms with Gasteiger partial charge in [0, 0.05) is 31.4 Å². The van der Waals surface area contributed by atoms with E-state index in [0.717, 1.165) is 17.5 Å². The highest BCUT2D eigenvalue weighted by Gasteiger charge is 2.42. The Kier molecular flexibility index (Phi) is 7.60. The summed E-state index contributed by atoms with van der Waals surface area (Å²) in [7, 11) is 3.26. The van der Waals surface area contributed by atoms with Crippen molar-refractivity contribution in [3.8, 4) is 28.5 Å². The molecule has 0 saturated carbocycles. The highest BCUT2D eigenvalue weighted by molar-refractivity contribution is 6.00. The molecule has 1 aliphatic heterocycles. The number of methoxy groups -OCH3 is 2. The third kappa shape index (κ3) is 4.98. The Bertz CT molecular complexity index is 1170. The fourth-order valence-corrected chi connectivity index (χ4v) is 4.41. The van der Waals surface area contributed by atoms with Gasteiger partial charge in [-0.2, -0.15) is 5.10 Å².